The molecule has 0 saturated carbocycles. The average Bonchev–Trinajstić information content (AvgIpc) is 3.22. The summed E-state index contributed by atoms with van der Waals surface area (Å²) in [5.74, 6) is 2.53. The molecule has 1 saturated heterocycles. The van der Waals surface area contributed by atoms with E-state index in [2.05, 4.69) is 63.0 Å². The summed E-state index contributed by atoms with van der Waals surface area (Å²) in [7, 11) is 3.67. The number of nitrogens with zero attached hydrogens (tertiary/aromatic N) is 5. The van der Waals surface area contributed by atoms with Gasteiger partial charge in [0.05, 0.1) is 6.61 Å². The Hall–Kier alpha value is -2.45. The first kappa shape index (κ1) is 21.3. The van der Waals surface area contributed by atoms with E-state index >= 15 is 0 Å². The van der Waals surface area contributed by atoms with Gasteiger partial charge in [-0.05, 0) is 25.8 Å². The molecule has 0 radical (unpaired) electrons. The van der Waals surface area contributed by atoms with Crippen LogP contribution in [0.5, 0.6) is 0 Å². The number of ether oxygens (including phenoxy) is 1. The van der Waals surface area contributed by atoms with Gasteiger partial charge in [-0.25, -0.2) is 4.99 Å². The summed E-state index contributed by atoms with van der Waals surface area (Å²) in [6, 6.07) is 11.5. The topological polar surface area (TPSA) is 79.6 Å². The summed E-state index contributed by atoms with van der Waals surface area (Å²) in [6.45, 7) is 8.02. The van der Waals surface area contributed by atoms with E-state index in [-0.39, 0.29) is 0 Å². The van der Waals surface area contributed by atoms with Crippen molar-refractivity contribution >= 4 is 5.96 Å². The largest absolute Gasteiger partial charge is 0.383 e. The van der Waals surface area contributed by atoms with Crippen molar-refractivity contribution in [3.05, 3.63) is 47.5 Å². The lowest BCUT2D eigenvalue weighted by molar-refractivity contribution is 0.203. The maximum atomic E-state index is 5.17. The van der Waals surface area contributed by atoms with E-state index in [1.807, 2.05) is 18.5 Å². The molecule has 0 spiro atoms. The molecular weight excluding hydrogens is 366 g/mol. The van der Waals surface area contributed by atoms with Crippen LogP contribution in [-0.4, -0.2) is 64.5 Å². The second-order valence-corrected chi connectivity index (χ2v) is 7.65. The second-order valence-electron chi connectivity index (χ2n) is 7.65. The number of rotatable bonds is 8. The van der Waals surface area contributed by atoms with Gasteiger partial charge in [0.2, 0.25) is 0 Å². The molecule has 3 rings (SSSR count). The van der Waals surface area contributed by atoms with Crippen LogP contribution in [-0.2, 0) is 24.9 Å². The maximum Gasteiger partial charge on any atom is 0.192 e. The van der Waals surface area contributed by atoms with Gasteiger partial charge >= 0.3 is 0 Å². The summed E-state index contributed by atoms with van der Waals surface area (Å²) in [6.07, 6.45) is 1.08. The van der Waals surface area contributed by atoms with Gasteiger partial charge in [-0.3, -0.25) is 4.90 Å². The van der Waals surface area contributed by atoms with Gasteiger partial charge in [-0.15, -0.1) is 10.2 Å². The van der Waals surface area contributed by atoms with Crippen molar-refractivity contribution in [2.24, 2.45) is 12.0 Å². The fourth-order valence-electron chi connectivity index (χ4n) is 3.60. The molecule has 1 aromatic heterocycles. The van der Waals surface area contributed by atoms with E-state index in [0.29, 0.717) is 31.8 Å². The molecule has 158 valence electrons. The zero-order chi connectivity index (χ0) is 20.6. The van der Waals surface area contributed by atoms with Crippen LogP contribution in [0.1, 0.15) is 30.6 Å². The van der Waals surface area contributed by atoms with E-state index < -0.39 is 0 Å². The SMILES string of the molecule is COCCNC(=NCc1nnc(C)n1C)NC1CC(C)N(Cc2ccccc2)C1. The van der Waals surface area contributed by atoms with E-state index in [4.69, 9.17) is 9.73 Å². The molecular formula is C21H33N7O. The van der Waals surface area contributed by atoms with Crippen molar-refractivity contribution in [1.29, 1.82) is 0 Å². The highest BCUT2D eigenvalue weighted by molar-refractivity contribution is 5.80. The van der Waals surface area contributed by atoms with Crippen LogP contribution in [0.15, 0.2) is 35.3 Å². The fraction of sp³-hybridized carbons (Fsp3) is 0.571. The Bertz CT molecular complexity index is 790. The average molecular weight is 400 g/mol. The van der Waals surface area contributed by atoms with Gasteiger partial charge in [0.15, 0.2) is 11.8 Å². The van der Waals surface area contributed by atoms with E-state index in [1.165, 1.54) is 5.56 Å². The van der Waals surface area contributed by atoms with Crippen LogP contribution in [0, 0.1) is 6.92 Å². The van der Waals surface area contributed by atoms with Crippen LogP contribution in [0.3, 0.4) is 0 Å². The highest BCUT2D eigenvalue weighted by Gasteiger charge is 2.29. The Morgan fingerprint density at radius 3 is 2.76 bits per heavy atom. The van der Waals surface area contributed by atoms with Crippen LogP contribution >= 0.6 is 0 Å². The van der Waals surface area contributed by atoms with Gasteiger partial charge < -0.3 is 19.9 Å². The molecule has 2 N–H and O–H groups in total. The molecule has 1 aromatic carbocycles. The van der Waals surface area contributed by atoms with Crippen molar-refractivity contribution in [3.63, 3.8) is 0 Å². The number of likely N-dealkylation sites (tertiary alicyclic amines) is 1. The number of hydrogen-bond donors (Lipinski definition) is 2. The molecule has 1 aliphatic rings. The number of nitrogens with one attached hydrogen (secondary N) is 2. The molecule has 1 aliphatic heterocycles. The lowest BCUT2D eigenvalue weighted by Gasteiger charge is -2.21. The number of aryl methyl sites for hydroxylation is 1. The van der Waals surface area contributed by atoms with Gasteiger partial charge in [0, 0.05) is 45.9 Å². The Balaban J connectivity index is 1.60. The van der Waals surface area contributed by atoms with E-state index in [1.54, 1.807) is 7.11 Å². The zero-order valence-electron chi connectivity index (χ0n) is 17.9. The monoisotopic (exact) mass is 399 g/mol. The molecule has 2 aromatic rings. The number of hydrogen-bond acceptors (Lipinski definition) is 5. The molecule has 0 aliphatic carbocycles. The molecule has 2 atom stereocenters. The van der Waals surface area contributed by atoms with Gasteiger partial charge in [-0.2, -0.15) is 0 Å². The molecule has 8 nitrogen and oxygen atoms in total. The third kappa shape index (κ3) is 6.01. The number of aliphatic imine (C=N–C) groups is 1. The maximum absolute atomic E-state index is 5.17. The summed E-state index contributed by atoms with van der Waals surface area (Å²) in [4.78, 5) is 7.25. The molecule has 29 heavy (non-hydrogen) atoms. The van der Waals surface area contributed by atoms with Crippen LogP contribution < -0.4 is 10.6 Å². The lowest BCUT2D eigenvalue weighted by Crippen LogP contribution is -2.45. The Kier molecular flexibility index (Phi) is 7.60. The molecule has 2 unspecified atom stereocenters. The third-order valence-electron chi connectivity index (χ3n) is 5.43. The fourth-order valence-corrected chi connectivity index (χ4v) is 3.60. The van der Waals surface area contributed by atoms with Crippen molar-refractivity contribution in [2.75, 3.05) is 26.8 Å². The normalized spacial score (nSPS) is 20.2. The summed E-state index contributed by atoms with van der Waals surface area (Å²) >= 11 is 0. The minimum Gasteiger partial charge on any atom is -0.383 e. The van der Waals surface area contributed by atoms with Crippen molar-refractivity contribution in [1.82, 2.24) is 30.3 Å². The molecule has 2 heterocycles. The third-order valence-corrected chi connectivity index (χ3v) is 5.43. The molecule has 8 heteroatoms. The van der Waals surface area contributed by atoms with E-state index in [0.717, 1.165) is 37.1 Å². The number of guanidine groups is 1. The second kappa shape index (κ2) is 10.4. The predicted octanol–water partition coefficient (Wildman–Crippen LogP) is 1.47. The van der Waals surface area contributed by atoms with Crippen molar-refractivity contribution in [3.8, 4) is 0 Å². The standard InChI is InChI=1S/C21H33N7O/c1-16-12-19(15-28(16)14-18-8-6-5-7-9-18)24-21(22-10-11-29-4)23-13-20-26-25-17(2)27(20)3/h5-9,16,19H,10-15H2,1-4H3,(H2,22,23,24). The van der Waals surface area contributed by atoms with Gasteiger partial charge in [0.1, 0.15) is 12.4 Å². The smallest absolute Gasteiger partial charge is 0.192 e. The summed E-state index contributed by atoms with van der Waals surface area (Å²) in [5.41, 5.74) is 1.35. The quantitative estimate of drug-likeness (QED) is 0.398. The molecule has 1 fully saturated rings. The summed E-state index contributed by atoms with van der Waals surface area (Å²) in [5, 5.41) is 15.3. The Labute approximate surface area is 173 Å². The first-order valence-corrected chi connectivity index (χ1v) is 10.2. The van der Waals surface area contributed by atoms with Gasteiger partial charge in [0.25, 0.3) is 0 Å². The van der Waals surface area contributed by atoms with E-state index in [9.17, 15) is 0 Å². The lowest BCUT2D eigenvalue weighted by atomic mass is 10.2. The summed E-state index contributed by atoms with van der Waals surface area (Å²) < 4.78 is 7.14. The highest BCUT2D eigenvalue weighted by Crippen LogP contribution is 2.20. The number of benzene rings is 1. The predicted molar refractivity (Wildman–Crippen MR) is 115 cm³/mol. The van der Waals surface area contributed by atoms with Crippen LogP contribution in [0.2, 0.25) is 0 Å². The minimum atomic E-state index is 0.351. The van der Waals surface area contributed by atoms with Crippen molar-refractivity contribution < 1.29 is 4.74 Å². The Morgan fingerprint density at radius 2 is 2.07 bits per heavy atom. The highest BCUT2D eigenvalue weighted by atomic mass is 16.5. The first-order valence-electron chi connectivity index (χ1n) is 10.2. The van der Waals surface area contributed by atoms with Gasteiger partial charge in [-0.1, -0.05) is 30.3 Å². The first-order chi connectivity index (χ1) is 14.1. The van der Waals surface area contributed by atoms with Crippen molar-refractivity contribution in [2.45, 2.75) is 45.4 Å². The molecule has 0 amide bonds. The molecule has 0 bridgehead atoms. The van der Waals surface area contributed by atoms with Crippen LogP contribution in [0.4, 0.5) is 0 Å². The zero-order valence-corrected chi connectivity index (χ0v) is 17.9. The van der Waals surface area contributed by atoms with Crippen LogP contribution in [0.25, 0.3) is 0 Å². The Morgan fingerprint density at radius 1 is 1.28 bits per heavy atom. The number of methoxy groups -OCH3 is 1. The number of aromatic nitrogens is 3. The minimum absolute atomic E-state index is 0.351.